The van der Waals surface area contributed by atoms with Gasteiger partial charge in [0.05, 0.1) is 11.0 Å². The third-order valence-electron chi connectivity index (χ3n) is 13.0. The summed E-state index contributed by atoms with van der Waals surface area (Å²) < 4.78 is 2.51. The third-order valence-corrected chi connectivity index (χ3v) is 13.0. The van der Waals surface area contributed by atoms with Crippen LogP contribution in [0.2, 0.25) is 0 Å². The van der Waals surface area contributed by atoms with E-state index in [1.54, 1.807) is 0 Å². The van der Waals surface area contributed by atoms with Crippen molar-refractivity contribution in [3.63, 3.8) is 0 Å². The Labute approximate surface area is 325 Å². The predicted molar refractivity (Wildman–Crippen MR) is 234 cm³/mol. The van der Waals surface area contributed by atoms with Crippen LogP contribution in [0, 0.1) is 0 Å². The van der Waals surface area contributed by atoms with E-state index >= 15 is 0 Å². The summed E-state index contributed by atoms with van der Waals surface area (Å²) in [7, 11) is 0. The van der Waals surface area contributed by atoms with Crippen molar-refractivity contribution in [3.8, 4) is 27.9 Å². The maximum atomic E-state index is 2.51. The molecule has 0 saturated heterocycles. The van der Waals surface area contributed by atoms with Crippen molar-refractivity contribution in [2.45, 2.75) is 70.6 Å². The fourth-order valence-corrected chi connectivity index (χ4v) is 9.79. The first-order chi connectivity index (χ1) is 26.5. The topological polar surface area (TPSA) is 8.17 Å². The first-order valence-corrected chi connectivity index (χ1v) is 19.9. The summed E-state index contributed by atoms with van der Waals surface area (Å²) in [6, 6.07) is 58.8. The van der Waals surface area contributed by atoms with Gasteiger partial charge in [-0.3, -0.25) is 0 Å². The summed E-state index contributed by atoms with van der Waals surface area (Å²) in [6.45, 7) is 14.4. The van der Waals surface area contributed by atoms with Gasteiger partial charge < -0.3 is 9.47 Å². The molecular formula is C53H48N2. The van der Waals surface area contributed by atoms with Crippen molar-refractivity contribution in [2.24, 2.45) is 0 Å². The molecule has 55 heavy (non-hydrogen) atoms. The average molecular weight is 713 g/mol. The lowest BCUT2D eigenvalue weighted by atomic mass is 9.63. The number of anilines is 3. The molecule has 270 valence electrons. The smallest absolute Gasteiger partial charge is 0.0547 e. The zero-order chi connectivity index (χ0) is 37.7. The fraction of sp³-hybridized carbons (Fsp3) is 0.208. The minimum absolute atomic E-state index is 0.141. The SMILES string of the molecule is CC1(C)CCC(C)(C)c2cc(-n3c4ccccc4c4ccc(-c5ccc6c(c5)C(C)(C)c5cc(N(c7ccccc7)c7ccccc7)ccc5-6)cc43)ccc21. The Kier molecular flexibility index (Phi) is 7.39. The summed E-state index contributed by atoms with van der Waals surface area (Å²) in [6.07, 6.45) is 2.42. The summed E-state index contributed by atoms with van der Waals surface area (Å²) >= 11 is 0. The number of benzene rings is 7. The lowest BCUT2D eigenvalue weighted by Gasteiger charge is -2.42. The van der Waals surface area contributed by atoms with E-state index in [4.69, 9.17) is 0 Å². The molecule has 0 saturated carbocycles. The summed E-state index contributed by atoms with van der Waals surface area (Å²) in [5, 5.41) is 2.59. The Hall–Kier alpha value is -5.86. The number of hydrogen-bond donors (Lipinski definition) is 0. The van der Waals surface area contributed by atoms with Crippen LogP contribution in [0.25, 0.3) is 49.7 Å². The Bertz CT molecular complexity index is 2740. The van der Waals surface area contributed by atoms with Crippen LogP contribution in [-0.4, -0.2) is 4.57 Å². The lowest BCUT2D eigenvalue weighted by molar-refractivity contribution is 0.332. The molecule has 0 atom stereocenters. The molecule has 7 aromatic carbocycles. The first kappa shape index (κ1) is 33.7. The molecule has 0 fully saturated rings. The van der Waals surface area contributed by atoms with Gasteiger partial charge in [0, 0.05) is 38.9 Å². The molecule has 0 radical (unpaired) electrons. The second-order valence-corrected chi connectivity index (χ2v) is 17.7. The van der Waals surface area contributed by atoms with Crippen molar-refractivity contribution in [3.05, 3.63) is 180 Å². The van der Waals surface area contributed by atoms with E-state index in [1.807, 2.05) is 0 Å². The zero-order valence-electron chi connectivity index (χ0n) is 32.8. The Morgan fingerprint density at radius 2 is 0.982 bits per heavy atom. The first-order valence-electron chi connectivity index (χ1n) is 19.9. The molecule has 1 heterocycles. The highest BCUT2D eigenvalue weighted by Gasteiger charge is 2.38. The van der Waals surface area contributed by atoms with Gasteiger partial charge in [-0.25, -0.2) is 0 Å². The number of fused-ring (bicyclic) bond motifs is 7. The molecule has 2 aliphatic rings. The molecule has 0 amide bonds. The Morgan fingerprint density at radius 1 is 0.418 bits per heavy atom. The number of nitrogens with zero attached hydrogens (tertiary/aromatic N) is 2. The van der Waals surface area contributed by atoms with Crippen LogP contribution < -0.4 is 4.90 Å². The maximum Gasteiger partial charge on any atom is 0.0547 e. The highest BCUT2D eigenvalue weighted by molar-refractivity contribution is 6.10. The van der Waals surface area contributed by atoms with Crippen molar-refractivity contribution in [1.29, 1.82) is 0 Å². The summed E-state index contributed by atoms with van der Waals surface area (Å²) in [4.78, 5) is 2.36. The van der Waals surface area contributed by atoms with Crippen LogP contribution in [0.4, 0.5) is 17.1 Å². The predicted octanol–water partition coefficient (Wildman–Crippen LogP) is 14.6. The van der Waals surface area contributed by atoms with Gasteiger partial charge in [0.2, 0.25) is 0 Å². The van der Waals surface area contributed by atoms with Crippen molar-refractivity contribution in [2.75, 3.05) is 4.90 Å². The highest BCUT2D eigenvalue weighted by Crippen LogP contribution is 2.52. The third kappa shape index (κ3) is 5.22. The molecule has 8 aromatic rings. The molecule has 10 rings (SSSR count). The van der Waals surface area contributed by atoms with Gasteiger partial charge in [-0.05, 0) is 135 Å². The average Bonchev–Trinajstić information content (AvgIpc) is 3.65. The van der Waals surface area contributed by atoms with Gasteiger partial charge in [-0.2, -0.15) is 0 Å². The quantitative estimate of drug-likeness (QED) is 0.172. The molecule has 0 N–H and O–H groups in total. The molecule has 2 heteroatoms. The molecule has 0 unspecified atom stereocenters. The number of hydrogen-bond acceptors (Lipinski definition) is 1. The lowest BCUT2D eigenvalue weighted by Crippen LogP contribution is -2.33. The van der Waals surface area contributed by atoms with Crippen LogP contribution in [0.15, 0.2) is 158 Å². The van der Waals surface area contributed by atoms with E-state index < -0.39 is 0 Å². The van der Waals surface area contributed by atoms with Gasteiger partial charge >= 0.3 is 0 Å². The normalized spacial score (nSPS) is 16.1. The molecule has 0 bridgehead atoms. The molecule has 1 aromatic heterocycles. The van der Waals surface area contributed by atoms with Crippen LogP contribution in [0.5, 0.6) is 0 Å². The van der Waals surface area contributed by atoms with E-state index in [2.05, 4.69) is 209 Å². The van der Waals surface area contributed by atoms with Crippen LogP contribution in [0.3, 0.4) is 0 Å². The zero-order valence-corrected chi connectivity index (χ0v) is 32.8. The highest BCUT2D eigenvalue weighted by atomic mass is 15.1. The number of para-hydroxylation sites is 3. The van der Waals surface area contributed by atoms with Crippen LogP contribution in [0.1, 0.15) is 76.6 Å². The second kappa shape index (κ2) is 12.1. The Morgan fingerprint density at radius 3 is 1.69 bits per heavy atom. The van der Waals surface area contributed by atoms with Gasteiger partial charge in [0.25, 0.3) is 0 Å². The maximum absolute atomic E-state index is 2.51. The fourth-order valence-electron chi connectivity index (χ4n) is 9.79. The Balaban J connectivity index is 1.08. The van der Waals surface area contributed by atoms with Crippen LogP contribution >= 0.6 is 0 Å². The van der Waals surface area contributed by atoms with Crippen molar-refractivity contribution in [1.82, 2.24) is 4.57 Å². The summed E-state index contributed by atoms with van der Waals surface area (Å²) in [5.41, 5.74) is 18.3. The van der Waals surface area contributed by atoms with Gasteiger partial charge in [-0.1, -0.05) is 133 Å². The number of rotatable bonds is 5. The minimum Gasteiger partial charge on any atom is -0.310 e. The molecule has 2 aliphatic carbocycles. The molecular weight excluding hydrogens is 665 g/mol. The standard InChI is InChI=1S/C53H48N2/c1-51(2)29-30-52(3,4)48-34-40(24-28-45(48)51)55-49-20-14-13-19-43(49)44-26-22-36(32-50(44)55)35-21-25-41-42-27-23-39(33-47(42)53(5,6)46(41)31-35)54(37-15-9-7-10-16-37)38-17-11-8-12-18-38/h7-28,31-34H,29-30H2,1-6H3. The molecule has 0 spiro atoms. The number of aromatic nitrogens is 1. The van der Waals surface area contributed by atoms with E-state index in [1.165, 1.54) is 90.5 Å². The van der Waals surface area contributed by atoms with Gasteiger partial charge in [0.1, 0.15) is 0 Å². The van der Waals surface area contributed by atoms with E-state index in [9.17, 15) is 0 Å². The monoisotopic (exact) mass is 712 g/mol. The summed E-state index contributed by atoms with van der Waals surface area (Å²) in [5.74, 6) is 0. The van der Waals surface area contributed by atoms with E-state index in [-0.39, 0.29) is 16.2 Å². The van der Waals surface area contributed by atoms with E-state index in [0.717, 1.165) is 11.4 Å². The van der Waals surface area contributed by atoms with E-state index in [0.29, 0.717) is 0 Å². The van der Waals surface area contributed by atoms with Gasteiger partial charge in [0.15, 0.2) is 0 Å². The second-order valence-electron chi connectivity index (χ2n) is 17.7. The van der Waals surface area contributed by atoms with Gasteiger partial charge in [-0.15, -0.1) is 0 Å². The minimum atomic E-state index is -0.168. The van der Waals surface area contributed by atoms with Crippen LogP contribution in [-0.2, 0) is 16.2 Å². The molecule has 2 nitrogen and oxygen atoms in total. The molecule has 0 aliphatic heterocycles. The largest absolute Gasteiger partial charge is 0.310 e. The van der Waals surface area contributed by atoms with Crippen molar-refractivity contribution >= 4 is 38.9 Å². The van der Waals surface area contributed by atoms with Crippen molar-refractivity contribution < 1.29 is 0 Å².